The van der Waals surface area contributed by atoms with E-state index in [9.17, 15) is 0 Å². The molecule has 0 spiro atoms. The molecular formula is C19H19N3OS. The maximum Gasteiger partial charge on any atom is 0.106 e. The van der Waals surface area contributed by atoms with Crippen molar-refractivity contribution in [3.8, 4) is 21.8 Å². The van der Waals surface area contributed by atoms with Crippen molar-refractivity contribution in [3.05, 3.63) is 52.4 Å². The molecular weight excluding hydrogens is 318 g/mol. The van der Waals surface area contributed by atoms with Crippen molar-refractivity contribution in [3.63, 3.8) is 0 Å². The summed E-state index contributed by atoms with van der Waals surface area (Å²) in [7, 11) is 0. The lowest BCUT2D eigenvalue weighted by Gasteiger charge is -2.26. The van der Waals surface area contributed by atoms with Gasteiger partial charge in [-0.2, -0.15) is 5.10 Å². The summed E-state index contributed by atoms with van der Waals surface area (Å²) < 4.78 is 5.44. The molecule has 24 heavy (non-hydrogen) atoms. The van der Waals surface area contributed by atoms with Crippen molar-refractivity contribution in [2.45, 2.75) is 13.0 Å². The maximum absolute atomic E-state index is 5.44. The maximum atomic E-state index is 5.44. The number of H-pyrrole nitrogens is 1. The van der Waals surface area contributed by atoms with E-state index in [4.69, 9.17) is 4.74 Å². The molecule has 2 aliphatic rings. The fourth-order valence-electron chi connectivity index (χ4n) is 3.72. The second kappa shape index (κ2) is 5.84. The van der Waals surface area contributed by atoms with Crippen molar-refractivity contribution < 1.29 is 4.74 Å². The Morgan fingerprint density at radius 3 is 2.96 bits per heavy atom. The Morgan fingerprint density at radius 2 is 2.12 bits per heavy atom. The number of hydrogen-bond acceptors (Lipinski definition) is 4. The topological polar surface area (TPSA) is 41.2 Å². The van der Waals surface area contributed by atoms with Crippen LogP contribution in [0.5, 0.6) is 0 Å². The van der Waals surface area contributed by atoms with Gasteiger partial charge in [0.05, 0.1) is 23.8 Å². The standard InChI is InChI=1S/C19H19N3OS/c1-2-17(24-9-1)19-16-11-14-10-13(12-22-5-7-23-8-6-22)3-4-15(14)18(16)20-21-19/h1-4,9-10H,5-8,11-12H2,(H,20,21). The zero-order valence-electron chi connectivity index (χ0n) is 13.4. The van der Waals surface area contributed by atoms with Crippen LogP contribution in [-0.2, 0) is 17.7 Å². The molecule has 0 bridgehead atoms. The van der Waals surface area contributed by atoms with Crippen LogP contribution in [0.1, 0.15) is 16.7 Å². The molecule has 1 aliphatic carbocycles. The summed E-state index contributed by atoms with van der Waals surface area (Å²) >= 11 is 1.75. The molecule has 1 aromatic carbocycles. The Labute approximate surface area is 145 Å². The van der Waals surface area contributed by atoms with Crippen molar-refractivity contribution in [2.75, 3.05) is 26.3 Å². The molecule has 5 rings (SSSR count). The summed E-state index contributed by atoms with van der Waals surface area (Å²) in [6, 6.07) is 11.1. The quantitative estimate of drug-likeness (QED) is 0.622. The average molecular weight is 337 g/mol. The fourth-order valence-corrected chi connectivity index (χ4v) is 4.46. The predicted molar refractivity (Wildman–Crippen MR) is 96.2 cm³/mol. The van der Waals surface area contributed by atoms with Crippen molar-refractivity contribution in [1.29, 1.82) is 0 Å². The minimum Gasteiger partial charge on any atom is -0.379 e. The monoisotopic (exact) mass is 337 g/mol. The smallest absolute Gasteiger partial charge is 0.106 e. The molecule has 1 fully saturated rings. The molecule has 3 aromatic rings. The molecule has 0 unspecified atom stereocenters. The van der Waals surface area contributed by atoms with Gasteiger partial charge in [-0.05, 0) is 22.6 Å². The molecule has 5 heteroatoms. The highest BCUT2D eigenvalue weighted by atomic mass is 32.1. The third-order valence-corrected chi connectivity index (χ3v) is 5.81. The van der Waals surface area contributed by atoms with E-state index in [1.54, 1.807) is 11.3 Å². The third kappa shape index (κ3) is 2.40. The van der Waals surface area contributed by atoms with Gasteiger partial charge in [-0.15, -0.1) is 11.3 Å². The van der Waals surface area contributed by atoms with E-state index in [1.807, 2.05) is 0 Å². The Kier molecular flexibility index (Phi) is 3.51. The van der Waals surface area contributed by atoms with Crippen LogP contribution < -0.4 is 0 Å². The number of nitrogens with one attached hydrogen (secondary N) is 1. The van der Waals surface area contributed by atoms with Gasteiger partial charge >= 0.3 is 0 Å². The SMILES string of the molecule is c1csc(-c2n[nH]c3c2Cc2cc(CN4CCOCC4)ccc2-3)c1. The number of nitrogens with zero attached hydrogens (tertiary/aromatic N) is 2. The average Bonchev–Trinajstić information content (AvgIpc) is 3.31. The lowest BCUT2D eigenvalue weighted by molar-refractivity contribution is 0.0342. The molecule has 0 saturated carbocycles. The third-order valence-electron chi connectivity index (χ3n) is 4.94. The Morgan fingerprint density at radius 1 is 1.21 bits per heavy atom. The lowest BCUT2D eigenvalue weighted by Crippen LogP contribution is -2.35. The highest BCUT2D eigenvalue weighted by molar-refractivity contribution is 7.13. The molecule has 1 saturated heterocycles. The first kappa shape index (κ1) is 14.4. The number of benzene rings is 1. The zero-order valence-corrected chi connectivity index (χ0v) is 14.2. The van der Waals surface area contributed by atoms with Crippen LogP contribution in [0.3, 0.4) is 0 Å². The van der Waals surface area contributed by atoms with E-state index in [0.29, 0.717) is 0 Å². The highest BCUT2D eigenvalue weighted by Gasteiger charge is 2.25. The summed E-state index contributed by atoms with van der Waals surface area (Å²) in [5, 5.41) is 9.93. The second-order valence-electron chi connectivity index (χ2n) is 6.46. The summed E-state index contributed by atoms with van der Waals surface area (Å²) in [6.07, 6.45) is 0.978. The number of hydrogen-bond donors (Lipinski definition) is 1. The van der Waals surface area contributed by atoms with Crippen LogP contribution in [0, 0.1) is 0 Å². The molecule has 0 atom stereocenters. The first-order valence-electron chi connectivity index (χ1n) is 8.42. The van der Waals surface area contributed by atoms with Gasteiger partial charge in [0.15, 0.2) is 0 Å². The summed E-state index contributed by atoms with van der Waals surface area (Å²) in [5.74, 6) is 0. The van der Waals surface area contributed by atoms with Gasteiger partial charge in [0.2, 0.25) is 0 Å². The van der Waals surface area contributed by atoms with Crippen LogP contribution in [0.25, 0.3) is 21.8 Å². The first-order chi connectivity index (χ1) is 11.9. The summed E-state index contributed by atoms with van der Waals surface area (Å²) in [6.45, 7) is 4.78. The number of ether oxygens (including phenoxy) is 1. The Bertz CT molecular complexity index is 863. The molecule has 4 nitrogen and oxygen atoms in total. The largest absolute Gasteiger partial charge is 0.379 e. The van der Waals surface area contributed by atoms with E-state index < -0.39 is 0 Å². The number of fused-ring (bicyclic) bond motifs is 3. The van der Waals surface area contributed by atoms with Gasteiger partial charge in [-0.25, -0.2) is 0 Å². The zero-order chi connectivity index (χ0) is 15.9. The van der Waals surface area contributed by atoms with Crippen LogP contribution in [0.4, 0.5) is 0 Å². The number of rotatable bonds is 3. The van der Waals surface area contributed by atoms with Crippen LogP contribution >= 0.6 is 11.3 Å². The predicted octanol–water partition coefficient (Wildman–Crippen LogP) is 3.54. The minimum absolute atomic E-state index is 0.853. The van der Waals surface area contributed by atoms with Gasteiger partial charge < -0.3 is 4.74 Å². The summed E-state index contributed by atoms with van der Waals surface area (Å²) in [5.41, 5.74) is 7.79. The molecule has 1 N–H and O–H groups in total. The molecule has 3 heterocycles. The van der Waals surface area contributed by atoms with Crippen molar-refractivity contribution in [2.24, 2.45) is 0 Å². The van der Waals surface area contributed by atoms with Gasteiger partial charge in [0.25, 0.3) is 0 Å². The second-order valence-corrected chi connectivity index (χ2v) is 7.41. The van der Waals surface area contributed by atoms with Gasteiger partial charge in [-0.1, -0.05) is 24.3 Å². The molecule has 122 valence electrons. The first-order valence-corrected chi connectivity index (χ1v) is 9.30. The van der Waals surface area contributed by atoms with Gasteiger partial charge in [0.1, 0.15) is 5.69 Å². The van der Waals surface area contributed by atoms with E-state index >= 15 is 0 Å². The number of aromatic amines is 1. The van der Waals surface area contributed by atoms with E-state index in [0.717, 1.165) is 45.0 Å². The van der Waals surface area contributed by atoms with Gasteiger partial charge in [0, 0.05) is 37.2 Å². The highest BCUT2D eigenvalue weighted by Crippen LogP contribution is 2.41. The lowest BCUT2D eigenvalue weighted by atomic mass is 10.0. The molecule has 1 aliphatic heterocycles. The molecule has 0 amide bonds. The number of thiophene rings is 1. The molecule has 2 aromatic heterocycles. The summed E-state index contributed by atoms with van der Waals surface area (Å²) in [4.78, 5) is 3.71. The number of morpholine rings is 1. The Balaban J connectivity index is 1.43. The van der Waals surface area contributed by atoms with Crippen LogP contribution in [0.15, 0.2) is 35.7 Å². The van der Waals surface area contributed by atoms with E-state index in [2.05, 4.69) is 50.8 Å². The van der Waals surface area contributed by atoms with E-state index in [-0.39, 0.29) is 0 Å². The van der Waals surface area contributed by atoms with Crippen LogP contribution in [0.2, 0.25) is 0 Å². The van der Waals surface area contributed by atoms with Crippen molar-refractivity contribution in [1.82, 2.24) is 15.1 Å². The number of aromatic nitrogens is 2. The van der Waals surface area contributed by atoms with Gasteiger partial charge in [-0.3, -0.25) is 10.00 Å². The van der Waals surface area contributed by atoms with Crippen LogP contribution in [-0.4, -0.2) is 41.4 Å². The fraction of sp³-hybridized carbons (Fsp3) is 0.316. The Hall–Kier alpha value is -1.95. The minimum atomic E-state index is 0.853. The van der Waals surface area contributed by atoms with E-state index in [1.165, 1.54) is 32.8 Å². The van der Waals surface area contributed by atoms with Crippen molar-refractivity contribution >= 4 is 11.3 Å². The normalized spacial score (nSPS) is 17.0. The molecule has 0 radical (unpaired) electrons.